The van der Waals surface area contributed by atoms with Gasteiger partial charge in [-0.15, -0.1) is 0 Å². The van der Waals surface area contributed by atoms with Crippen LogP contribution in [0.5, 0.6) is 0 Å². The molecule has 1 unspecified atom stereocenters. The van der Waals surface area contributed by atoms with E-state index in [1.165, 1.54) is 128 Å². The van der Waals surface area contributed by atoms with E-state index in [9.17, 15) is 14.4 Å². The molecule has 6 heteroatoms. The molecule has 0 spiro atoms. The minimum atomic E-state index is -0.827. The molecule has 0 aliphatic carbocycles. The molecule has 436 valence electrons. The number of ether oxygens (including phenoxy) is 3. The molecule has 0 aliphatic rings. The Morgan fingerprint density at radius 1 is 0.286 bits per heavy atom. The number of rotatable bonds is 56. The maximum absolute atomic E-state index is 12.9. The van der Waals surface area contributed by atoms with E-state index in [0.29, 0.717) is 12.8 Å². The van der Waals surface area contributed by atoms with E-state index in [1.807, 2.05) is 6.08 Å². The molecule has 0 aliphatic heterocycles. The highest BCUT2D eigenvalue weighted by Crippen LogP contribution is 2.16. The van der Waals surface area contributed by atoms with E-state index in [2.05, 4.69) is 142 Å². The van der Waals surface area contributed by atoms with Gasteiger partial charge in [-0.05, 0) is 116 Å². The Bertz CT molecular complexity index is 1650. The third-order valence-electron chi connectivity index (χ3n) is 13.2. The third kappa shape index (κ3) is 62.3. The van der Waals surface area contributed by atoms with Crippen LogP contribution in [-0.4, -0.2) is 37.2 Å². The average Bonchev–Trinajstić information content (AvgIpc) is 3.43. The van der Waals surface area contributed by atoms with Crippen LogP contribution >= 0.6 is 0 Å². The van der Waals surface area contributed by atoms with Crippen molar-refractivity contribution < 1.29 is 28.6 Å². The van der Waals surface area contributed by atoms with E-state index in [0.717, 1.165) is 109 Å². The molecule has 0 radical (unpaired) electrons. The van der Waals surface area contributed by atoms with Crippen molar-refractivity contribution in [3.05, 3.63) is 134 Å². The fraction of sp³-hybridized carbons (Fsp3) is 0.648. The maximum atomic E-state index is 12.9. The smallest absolute Gasteiger partial charge is 0.309 e. The molecule has 0 saturated carbocycles. The van der Waals surface area contributed by atoms with Crippen molar-refractivity contribution in [2.75, 3.05) is 13.2 Å². The number of allylic oxidation sites excluding steroid dienone is 21. The Kier molecular flexibility index (Phi) is 60.4. The molecule has 0 fully saturated rings. The molecule has 1 atom stereocenters. The lowest BCUT2D eigenvalue weighted by Gasteiger charge is -2.18. The molecular formula is C71H116O6. The summed E-state index contributed by atoms with van der Waals surface area (Å²) in [5.41, 5.74) is 0. The minimum absolute atomic E-state index is 0.114. The van der Waals surface area contributed by atoms with Crippen molar-refractivity contribution in [2.45, 2.75) is 284 Å². The number of carbonyl (C=O) groups excluding carboxylic acids is 3. The Morgan fingerprint density at radius 3 is 0.909 bits per heavy atom. The average molecular weight is 1070 g/mol. The van der Waals surface area contributed by atoms with Gasteiger partial charge in [0, 0.05) is 12.8 Å². The largest absolute Gasteiger partial charge is 0.462 e. The van der Waals surface area contributed by atoms with E-state index in [1.54, 1.807) is 6.08 Å². The first kappa shape index (κ1) is 72.5. The van der Waals surface area contributed by atoms with Crippen LogP contribution in [-0.2, 0) is 28.6 Å². The van der Waals surface area contributed by atoms with Gasteiger partial charge in [0.15, 0.2) is 6.10 Å². The van der Waals surface area contributed by atoms with Crippen molar-refractivity contribution >= 4 is 17.9 Å². The molecule has 6 nitrogen and oxygen atoms in total. The first-order chi connectivity index (χ1) is 38.0. The van der Waals surface area contributed by atoms with E-state index >= 15 is 0 Å². The zero-order chi connectivity index (χ0) is 55.7. The molecule has 0 N–H and O–H groups in total. The van der Waals surface area contributed by atoms with Crippen molar-refractivity contribution in [1.29, 1.82) is 0 Å². The highest BCUT2D eigenvalue weighted by atomic mass is 16.6. The van der Waals surface area contributed by atoms with Gasteiger partial charge < -0.3 is 14.2 Å². The van der Waals surface area contributed by atoms with Crippen LogP contribution < -0.4 is 0 Å². The van der Waals surface area contributed by atoms with Crippen LogP contribution in [0.15, 0.2) is 134 Å². The summed E-state index contributed by atoms with van der Waals surface area (Å²) in [5.74, 6) is -1.05. The first-order valence-corrected chi connectivity index (χ1v) is 31.7. The maximum Gasteiger partial charge on any atom is 0.309 e. The first-order valence-electron chi connectivity index (χ1n) is 31.7. The minimum Gasteiger partial charge on any atom is -0.462 e. The van der Waals surface area contributed by atoms with Crippen molar-refractivity contribution in [3.8, 4) is 0 Å². The zero-order valence-corrected chi connectivity index (χ0v) is 49.9. The van der Waals surface area contributed by atoms with E-state index < -0.39 is 12.1 Å². The third-order valence-corrected chi connectivity index (χ3v) is 13.2. The number of unbranched alkanes of at least 4 members (excludes halogenated alkanes) is 24. The number of esters is 3. The summed E-state index contributed by atoms with van der Waals surface area (Å²) in [6.07, 6.45) is 90.6. The van der Waals surface area contributed by atoms with Gasteiger partial charge in [0.2, 0.25) is 0 Å². The van der Waals surface area contributed by atoms with Crippen molar-refractivity contribution in [1.82, 2.24) is 0 Å². The van der Waals surface area contributed by atoms with Crippen LogP contribution in [0.25, 0.3) is 0 Å². The van der Waals surface area contributed by atoms with Crippen LogP contribution in [0, 0.1) is 0 Å². The summed E-state index contributed by atoms with van der Waals surface area (Å²) in [7, 11) is 0. The molecule has 0 aromatic rings. The summed E-state index contributed by atoms with van der Waals surface area (Å²) >= 11 is 0. The summed E-state index contributed by atoms with van der Waals surface area (Å²) in [6, 6.07) is 0. The van der Waals surface area contributed by atoms with Gasteiger partial charge in [-0.2, -0.15) is 0 Å². The molecular weight excluding hydrogens is 949 g/mol. The van der Waals surface area contributed by atoms with Gasteiger partial charge in [-0.25, -0.2) is 0 Å². The lowest BCUT2D eigenvalue weighted by molar-refractivity contribution is -0.166. The number of hydrogen-bond acceptors (Lipinski definition) is 6. The lowest BCUT2D eigenvalue weighted by Crippen LogP contribution is -2.30. The highest BCUT2D eigenvalue weighted by Gasteiger charge is 2.19. The Hall–Kier alpha value is -4.45. The van der Waals surface area contributed by atoms with Crippen LogP contribution in [0.4, 0.5) is 0 Å². The number of carbonyl (C=O) groups is 3. The predicted octanol–water partition coefficient (Wildman–Crippen LogP) is 21.8. The Balaban J connectivity index is 4.38. The second-order valence-corrected chi connectivity index (χ2v) is 20.6. The summed E-state index contributed by atoms with van der Waals surface area (Å²) in [6.45, 7) is 6.30. The summed E-state index contributed by atoms with van der Waals surface area (Å²) in [5, 5.41) is 0. The second kappa shape index (κ2) is 64.1. The normalized spacial score (nSPS) is 13.0. The van der Waals surface area contributed by atoms with E-state index in [-0.39, 0.29) is 31.6 Å². The van der Waals surface area contributed by atoms with Gasteiger partial charge in [0.25, 0.3) is 0 Å². The Labute approximate surface area is 475 Å². The SMILES string of the molecule is CC/C=C\C/C=C\C/C=C\C/C=C\C/C=C\CC(=O)OCC(COC(=O)CCCCCCCCCCCCCCCC/C=C\C/C=C\C/C=C\C/C=C\CC)OC(=O)CCCCCCCCC/C=C\C/C=C\CCCCC. The fourth-order valence-corrected chi connectivity index (χ4v) is 8.48. The van der Waals surface area contributed by atoms with Crippen LogP contribution in [0.3, 0.4) is 0 Å². The molecule has 0 heterocycles. The number of hydrogen-bond donors (Lipinski definition) is 0. The summed E-state index contributed by atoms with van der Waals surface area (Å²) in [4.78, 5) is 38.2. The lowest BCUT2D eigenvalue weighted by atomic mass is 10.0. The molecule has 0 saturated heterocycles. The fourth-order valence-electron chi connectivity index (χ4n) is 8.48. The molecule has 0 bridgehead atoms. The standard InChI is InChI=1S/C71H116O6/c1-4-7-10-13-16-19-22-25-28-30-31-32-33-34-35-36-37-38-39-41-43-46-49-52-55-58-61-64-70(73)76-67-68(66-75-69(72)63-60-57-54-51-48-45-42-27-24-21-18-15-12-9-6-3)77-71(74)65-62-59-56-53-50-47-44-40-29-26-23-20-17-14-11-8-5-2/h7,9-10,12,16-21,25-29,31-32,42,48,51,57,60,68H,4-6,8,11,13-15,22-24,30,33-41,43-47,49-50,52-56,58-59,61-67H2,1-3H3/b10-7-,12-9-,19-16-,20-17-,21-18-,28-25-,29-26-,32-31-,42-27-,51-48-,60-57-. The molecule has 0 rings (SSSR count). The molecule has 77 heavy (non-hydrogen) atoms. The monoisotopic (exact) mass is 1060 g/mol. The quantitative estimate of drug-likeness (QED) is 0.0261. The second-order valence-electron chi connectivity index (χ2n) is 20.6. The van der Waals surface area contributed by atoms with E-state index in [4.69, 9.17) is 14.2 Å². The zero-order valence-electron chi connectivity index (χ0n) is 49.9. The van der Waals surface area contributed by atoms with Gasteiger partial charge in [-0.3, -0.25) is 14.4 Å². The van der Waals surface area contributed by atoms with Gasteiger partial charge in [-0.1, -0.05) is 276 Å². The van der Waals surface area contributed by atoms with Gasteiger partial charge >= 0.3 is 17.9 Å². The molecule has 0 amide bonds. The molecule has 0 aromatic carbocycles. The van der Waals surface area contributed by atoms with Crippen LogP contribution in [0.1, 0.15) is 278 Å². The van der Waals surface area contributed by atoms with Gasteiger partial charge in [0.1, 0.15) is 13.2 Å². The highest BCUT2D eigenvalue weighted by molar-refractivity contribution is 5.72. The van der Waals surface area contributed by atoms with Crippen LogP contribution in [0.2, 0.25) is 0 Å². The predicted molar refractivity (Wildman–Crippen MR) is 334 cm³/mol. The topological polar surface area (TPSA) is 78.9 Å². The van der Waals surface area contributed by atoms with Gasteiger partial charge in [0.05, 0.1) is 6.42 Å². The Morgan fingerprint density at radius 2 is 0.558 bits per heavy atom. The van der Waals surface area contributed by atoms with Crippen molar-refractivity contribution in [2.24, 2.45) is 0 Å². The summed E-state index contributed by atoms with van der Waals surface area (Å²) < 4.78 is 16.8. The van der Waals surface area contributed by atoms with Crippen molar-refractivity contribution in [3.63, 3.8) is 0 Å². The molecule has 0 aromatic heterocycles.